The molecule has 0 aromatic carbocycles. The zero-order chi connectivity index (χ0) is 17.1. The number of aromatic nitrogens is 2. The van der Waals surface area contributed by atoms with Crippen molar-refractivity contribution in [3.63, 3.8) is 0 Å². The molecular weight excluding hydrogens is 286 g/mol. The van der Waals surface area contributed by atoms with Crippen molar-refractivity contribution in [2.24, 2.45) is 11.8 Å². The summed E-state index contributed by atoms with van der Waals surface area (Å²) in [5.74, 6) is 1.03. The lowest BCUT2D eigenvalue weighted by Crippen LogP contribution is -2.37. The summed E-state index contributed by atoms with van der Waals surface area (Å²) >= 11 is 0. The summed E-state index contributed by atoms with van der Waals surface area (Å²) in [5, 5.41) is 0. The third-order valence-electron chi connectivity index (χ3n) is 4.00. The molecule has 0 radical (unpaired) electrons. The fraction of sp³-hybridized carbons (Fsp3) is 0.579. The number of hydrogen-bond donors (Lipinski definition) is 0. The first-order valence-electron chi connectivity index (χ1n) is 8.60. The van der Waals surface area contributed by atoms with Crippen molar-refractivity contribution in [1.82, 2.24) is 14.3 Å². The predicted molar refractivity (Wildman–Crippen MR) is 94.9 cm³/mol. The van der Waals surface area contributed by atoms with Crippen molar-refractivity contribution in [1.29, 1.82) is 0 Å². The van der Waals surface area contributed by atoms with Crippen LogP contribution in [0, 0.1) is 18.8 Å². The minimum absolute atomic E-state index is 0.112. The van der Waals surface area contributed by atoms with Gasteiger partial charge in [0, 0.05) is 25.0 Å². The number of amides is 1. The molecule has 2 heterocycles. The lowest BCUT2D eigenvalue weighted by Gasteiger charge is -2.26. The molecule has 0 aliphatic carbocycles. The van der Waals surface area contributed by atoms with Crippen molar-refractivity contribution >= 4 is 11.6 Å². The van der Waals surface area contributed by atoms with Crippen LogP contribution in [-0.4, -0.2) is 33.3 Å². The van der Waals surface area contributed by atoms with Crippen molar-refractivity contribution in [2.45, 2.75) is 48.0 Å². The Kier molecular flexibility index (Phi) is 5.45. The Bertz CT molecular complexity index is 675. The summed E-state index contributed by atoms with van der Waals surface area (Å²) in [6, 6.07) is 3.85. The lowest BCUT2D eigenvalue weighted by molar-refractivity contribution is 0.0714. The molecule has 2 aromatic rings. The molecule has 23 heavy (non-hydrogen) atoms. The van der Waals surface area contributed by atoms with Crippen LogP contribution in [0.4, 0.5) is 0 Å². The van der Waals surface area contributed by atoms with Crippen LogP contribution >= 0.6 is 0 Å². The van der Waals surface area contributed by atoms with Gasteiger partial charge in [0.25, 0.3) is 5.91 Å². The van der Waals surface area contributed by atoms with Gasteiger partial charge >= 0.3 is 0 Å². The normalized spacial score (nSPS) is 11.7. The van der Waals surface area contributed by atoms with Crippen molar-refractivity contribution in [3.05, 3.63) is 35.3 Å². The molecule has 4 nitrogen and oxygen atoms in total. The molecule has 2 aromatic heterocycles. The van der Waals surface area contributed by atoms with E-state index in [1.54, 1.807) is 0 Å². The van der Waals surface area contributed by atoms with Crippen molar-refractivity contribution in [3.8, 4) is 0 Å². The van der Waals surface area contributed by atoms with Gasteiger partial charge in [0.1, 0.15) is 5.65 Å². The van der Waals surface area contributed by atoms with E-state index in [1.807, 2.05) is 27.6 Å². The zero-order valence-electron chi connectivity index (χ0n) is 15.3. The van der Waals surface area contributed by atoms with Gasteiger partial charge in [0.2, 0.25) is 0 Å². The summed E-state index contributed by atoms with van der Waals surface area (Å²) < 4.78 is 2.04. The number of aryl methyl sites for hydroxylation is 2. The van der Waals surface area contributed by atoms with Crippen LogP contribution < -0.4 is 0 Å². The molecule has 126 valence electrons. The molecule has 2 rings (SSSR count). The molecule has 1 amide bonds. The third kappa shape index (κ3) is 3.92. The molecule has 0 unspecified atom stereocenters. The van der Waals surface area contributed by atoms with Gasteiger partial charge in [-0.2, -0.15) is 0 Å². The number of nitrogens with zero attached hydrogens (tertiary/aromatic N) is 3. The Morgan fingerprint density at radius 3 is 2.30 bits per heavy atom. The molecule has 0 N–H and O–H groups in total. The van der Waals surface area contributed by atoms with Crippen molar-refractivity contribution < 1.29 is 4.79 Å². The highest BCUT2D eigenvalue weighted by Crippen LogP contribution is 2.16. The largest absolute Gasteiger partial charge is 0.338 e. The second kappa shape index (κ2) is 7.16. The minimum atomic E-state index is 0.112. The quantitative estimate of drug-likeness (QED) is 0.809. The van der Waals surface area contributed by atoms with Gasteiger partial charge in [-0.1, -0.05) is 34.6 Å². The Morgan fingerprint density at radius 1 is 1.17 bits per heavy atom. The standard InChI is InChI=1S/C19H29N3O/c1-7-17-15(6)22-12-16(8-9-18(22)20-17)19(23)21(10-13(2)3)11-14(4)5/h8-9,12-14H,7,10-11H2,1-6H3. The maximum absolute atomic E-state index is 12.9. The van der Waals surface area contributed by atoms with E-state index in [4.69, 9.17) is 0 Å². The number of carbonyl (C=O) groups excluding carboxylic acids is 1. The van der Waals surface area contributed by atoms with Crippen LogP contribution in [0.15, 0.2) is 18.3 Å². The molecule has 0 fully saturated rings. The Labute approximate surface area is 139 Å². The number of carbonyl (C=O) groups is 1. The summed E-state index contributed by atoms with van der Waals surface area (Å²) in [7, 11) is 0. The average Bonchev–Trinajstić information content (AvgIpc) is 2.81. The minimum Gasteiger partial charge on any atom is -0.338 e. The van der Waals surface area contributed by atoms with Gasteiger partial charge in [0.15, 0.2) is 0 Å². The second-order valence-electron chi connectivity index (χ2n) is 7.14. The highest BCUT2D eigenvalue weighted by atomic mass is 16.2. The van der Waals surface area contributed by atoms with Crippen LogP contribution in [-0.2, 0) is 6.42 Å². The first-order valence-corrected chi connectivity index (χ1v) is 8.60. The van der Waals surface area contributed by atoms with Crippen LogP contribution in [0.2, 0.25) is 0 Å². The number of hydrogen-bond acceptors (Lipinski definition) is 2. The highest BCUT2D eigenvalue weighted by molar-refractivity contribution is 5.94. The number of pyridine rings is 1. The first kappa shape index (κ1) is 17.5. The Balaban J connectivity index is 2.36. The molecule has 4 heteroatoms. The molecular formula is C19H29N3O. The monoisotopic (exact) mass is 315 g/mol. The summed E-state index contributed by atoms with van der Waals surface area (Å²) in [6.45, 7) is 14.3. The first-order chi connectivity index (χ1) is 10.8. The van der Waals surface area contributed by atoms with Crippen LogP contribution in [0.25, 0.3) is 5.65 Å². The van der Waals surface area contributed by atoms with Gasteiger partial charge in [-0.3, -0.25) is 4.79 Å². The third-order valence-corrected chi connectivity index (χ3v) is 4.00. The fourth-order valence-electron chi connectivity index (χ4n) is 2.98. The maximum Gasteiger partial charge on any atom is 0.255 e. The molecule has 0 saturated carbocycles. The second-order valence-corrected chi connectivity index (χ2v) is 7.14. The van der Waals surface area contributed by atoms with Gasteiger partial charge in [-0.05, 0) is 37.3 Å². The van der Waals surface area contributed by atoms with E-state index < -0.39 is 0 Å². The SMILES string of the molecule is CCc1nc2ccc(C(=O)N(CC(C)C)CC(C)C)cn2c1C. The summed E-state index contributed by atoms with van der Waals surface area (Å²) in [6.07, 6.45) is 2.84. The van der Waals surface area contributed by atoms with Crippen molar-refractivity contribution in [2.75, 3.05) is 13.1 Å². The zero-order valence-corrected chi connectivity index (χ0v) is 15.3. The average molecular weight is 315 g/mol. The molecule has 0 atom stereocenters. The van der Waals surface area contributed by atoms with Gasteiger partial charge in [-0.25, -0.2) is 4.98 Å². The van der Waals surface area contributed by atoms with E-state index in [0.29, 0.717) is 11.8 Å². The van der Waals surface area contributed by atoms with E-state index in [9.17, 15) is 4.79 Å². The number of fused-ring (bicyclic) bond motifs is 1. The molecule has 0 bridgehead atoms. The fourth-order valence-corrected chi connectivity index (χ4v) is 2.98. The van der Waals surface area contributed by atoms with Crippen LogP contribution in [0.5, 0.6) is 0 Å². The van der Waals surface area contributed by atoms with Crippen LogP contribution in [0.1, 0.15) is 56.4 Å². The number of rotatable bonds is 6. The smallest absolute Gasteiger partial charge is 0.255 e. The lowest BCUT2D eigenvalue weighted by atomic mass is 10.1. The van der Waals surface area contributed by atoms with Gasteiger partial charge in [-0.15, -0.1) is 0 Å². The molecule has 0 spiro atoms. The highest BCUT2D eigenvalue weighted by Gasteiger charge is 2.19. The van der Waals surface area contributed by atoms with E-state index in [-0.39, 0.29) is 5.91 Å². The summed E-state index contributed by atoms with van der Waals surface area (Å²) in [4.78, 5) is 19.5. The van der Waals surface area contributed by atoms with E-state index in [0.717, 1.165) is 42.1 Å². The van der Waals surface area contributed by atoms with Gasteiger partial charge < -0.3 is 9.30 Å². The summed E-state index contributed by atoms with van der Waals surface area (Å²) in [5.41, 5.74) is 3.87. The maximum atomic E-state index is 12.9. The Morgan fingerprint density at radius 2 is 1.78 bits per heavy atom. The molecule has 0 aliphatic heterocycles. The van der Waals surface area contributed by atoms with E-state index in [2.05, 4.69) is 46.5 Å². The van der Waals surface area contributed by atoms with Gasteiger partial charge in [0.05, 0.1) is 11.3 Å². The van der Waals surface area contributed by atoms with E-state index >= 15 is 0 Å². The van der Waals surface area contributed by atoms with Crippen LogP contribution in [0.3, 0.4) is 0 Å². The number of imidazole rings is 1. The topological polar surface area (TPSA) is 37.6 Å². The van der Waals surface area contributed by atoms with E-state index in [1.165, 1.54) is 0 Å². The molecule has 0 saturated heterocycles. The predicted octanol–water partition coefficient (Wildman–Crippen LogP) is 3.96. The molecule has 0 aliphatic rings. The Hall–Kier alpha value is -1.84.